The fourth-order valence-corrected chi connectivity index (χ4v) is 2.54. The number of alkyl halides is 3. The van der Waals surface area contributed by atoms with Crippen LogP contribution < -0.4 is 10.6 Å². The van der Waals surface area contributed by atoms with Crippen LogP contribution >= 0.6 is 24.0 Å². The van der Waals surface area contributed by atoms with E-state index in [1.165, 1.54) is 0 Å². The van der Waals surface area contributed by atoms with Gasteiger partial charge in [-0.3, -0.25) is 9.89 Å². The van der Waals surface area contributed by atoms with Gasteiger partial charge in [-0.1, -0.05) is 0 Å². The Morgan fingerprint density at radius 2 is 1.76 bits per heavy atom. The summed E-state index contributed by atoms with van der Waals surface area (Å²) in [4.78, 5) is 6.95. The molecule has 0 aromatic heterocycles. The summed E-state index contributed by atoms with van der Waals surface area (Å²) >= 11 is 0. The average molecular weight is 480 g/mol. The Balaban J connectivity index is 0.00000576. The van der Waals surface area contributed by atoms with E-state index in [-0.39, 0.29) is 35.9 Å². The minimum Gasteiger partial charge on any atom is -0.379 e. The van der Waals surface area contributed by atoms with Crippen LogP contribution in [0.1, 0.15) is 40.0 Å². The summed E-state index contributed by atoms with van der Waals surface area (Å²) in [6.07, 6.45) is -4.20. The van der Waals surface area contributed by atoms with Crippen LogP contribution in [0.3, 0.4) is 0 Å². The number of ether oxygens (including phenoxy) is 1. The molecule has 9 heteroatoms. The molecule has 1 aliphatic rings. The van der Waals surface area contributed by atoms with Crippen molar-refractivity contribution in [3.05, 3.63) is 0 Å². The Hall–Kier alpha value is -0.290. The summed E-state index contributed by atoms with van der Waals surface area (Å²) in [6, 6.07) is 0. The maximum Gasteiger partial charge on any atom is 0.389 e. The number of morpholine rings is 1. The van der Waals surface area contributed by atoms with Gasteiger partial charge in [0.1, 0.15) is 0 Å². The Morgan fingerprint density at radius 3 is 2.32 bits per heavy atom. The van der Waals surface area contributed by atoms with Gasteiger partial charge in [-0.2, -0.15) is 13.2 Å². The molecule has 25 heavy (non-hydrogen) atoms. The van der Waals surface area contributed by atoms with Gasteiger partial charge in [0.15, 0.2) is 5.96 Å². The second-order valence-electron chi connectivity index (χ2n) is 6.61. The number of unbranched alkanes of at least 4 members (excludes halogenated alkanes) is 1. The Morgan fingerprint density at radius 1 is 1.12 bits per heavy atom. The zero-order valence-corrected chi connectivity index (χ0v) is 17.7. The SMILES string of the molecule is CCNC(=NCC(C)(C)N1CCOCC1)NCCCCC(F)(F)F.I. The summed E-state index contributed by atoms with van der Waals surface area (Å²) in [5.41, 5.74) is -0.0809. The molecular formula is C16H32F3IN4O. The van der Waals surface area contributed by atoms with Crippen molar-refractivity contribution in [3.63, 3.8) is 0 Å². The second-order valence-corrected chi connectivity index (χ2v) is 6.61. The van der Waals surface area contributed by atoms with Crippen LogP contribution in [-0.2, 0) is 4.74 Å². The Kier molecular flexibility index (Phi) is 12.0. The summed E-state index contributed by atoms with van der Waals surface area (Å²) in [5.74, 6) is 0.658. The summed E-state index contributed by atoms with van der Waals surface area (Å²) in [6.45, 7) is 11.3. The van der Waals surface area contributed by atoms with Crippen LogP contribution in [0.5, 0.6) is 0 Å². The molecule has 5 nitrogen and oxygen atoms in total. The Bertz CT molecular complexity index is 386. The molecule has 0 saturated carbocycles. The molecule has 0 bridgehead atoms. The minimum absolute atomic E-state index is 0. The van der Waals surface area contributed by atoms with E-state index >= 15 is 0 Å². The first kappa shape index (κ1) is 24.7. The molecule has 0 amide bonds. The minimum atomic E-state index is -4.07. The molecule has 1 rings (SSSR count). The van der Waals surface area contributed by atoms with Gasteiger partial charge in [0.2, 0.25) is 0 Å². The molecular weight excluding hydrogens is 448 g/mol. The molecule has 0 aromatic rings. The van der Waals surface area contributed by atoms with Gasteiger partial charge in [-0.15, -0.1) is 24.0 Å². The van der Waals surface area contributed by atoms with Gasteiger partial charge < -0.3 is 15.4 Å². The molecule has 1 aliphatic heterocycles. The van der Waals surface area contributed by atoms with E-state index in [4.69, 9.17) is 4.74 Å². The van der Waals surface area contributed by atoms with Gasteiger partial charge in [0.25, 0.3) is 0 Å². The molecule has 1 fully saturated rings. The van der Waals surface area contributed by atoms with Crippen LogP contribution in [0.2, 0.25) is 0 Å². The molecule has 0 spiro atoms. The number of hydrogen-bond donors (Lipinski definition) is 2. The first-order valence-electron chi connectivity index (χ1n) is 8.66. The van der Waals surface area contributed by atoms with Crippen molar-refractivity contribution in [2.45, 2.75) is 51.7 Å². The Labute approximate surface area is 166 Å². The monoisotopic (exact) mass is 480 g/mol. The van der Waals surface area contributed by atoms with Crippen LogP contribution in [0, 0.1) is 0 Å². The van der Waals surface area contributed by atoms with E-state index < -0.39 is 12.6 Å². The van der Waals surface area contributed by atoms with Gasteiger partial charge in [-0.25, -0.2) is 0 Å². The first-order chi connectivity index (χ1) is 11.2. The summed E-state index contributed by atoms with van der Waals surface area (Å²) < 4.78 is 41.7. The lowest BCUT2D eigenvalue weighted by molar-refractivity contribution is -0.135. The molecule has 0 atom stereocenters. The van der Waals surface area contributed by atoms with Crippen LogP contribution in [0.4, 0.5) is 13.2 Å². The fourth-order valence-electron chi connectivity index (χ4n) is 2.54. The molecule has 150 valence electrons. The largest absolute Gasteiger partial charge is 0.389 e. The van der Waals surface area contributed by atoms with Crippen LogP contribution in [0.15, 0.2) is 4.99 Å². The van der Waals surface area contributed by atoms with E-state index in [0.717, 1.165) is 26.3 Å². The quantitative estimate of drug-likeness (QED) is 0.243. The lowest BCUT2D eigenvalue weighted by Gasteiger charge is -2.39. The topological polar surface area (TPSA) is 48.9 Å². The van der Waals surface area contributed by atoms with E-state index in [1.54, 1.807) is 0 Å². The normalized spacial score (nSPS) is 17.1. The number of guanidine groups is 1. The second kappa shape index (κ2) is 12.2. The highest BCUT2D eigenvalue weighted by molar-refractivity contribution is 14.0. The molecule has 0 radical (unpaired) electrons. The number of nitrogens with zero attached hydrogens (tertiary/aromatic N) is 2. The van der Waals surface area contributed by atoms with Crippen molar-refractivity contribution in [3.8, 4) is 0 Å². The predicted molar refractivity (Wildman–Crippen MR) is 106 cm³/mol. The lowest BCUT2D eigenvalue weighted by atomic mass is 10.0. The zero-order chi connectivity index (χ0) is 18.1. The zero-order valence-electron chi connectivity index (χ0n) is 15.4. The van der Waals surface area contributed by atoms with Crippen molar-refractivity contribution in [1.82, 2.24) is 15.5 Å². The van der Waals surface area contributed by atoms with Crippen molar-refractivity contribution in [2.75, 3.05) is 45.9 Å². The molecule has 0 unspecified atom stereocenters. The van der Waals surface area contributed by atoms with Crippen LogP contribution in [0.25, 0.3) is 0 Å². The van der Waals surface area contributed by atoms with Gasteiger partial charge in [0.05, 0.1) is 19.8 Å². The van der Waals surface area contributed by atoms with Gasteiger partial charge in [0, 0.05) is 38.1 Å². The maximum absolute atomic E-state index is 12.1. The van der Waals surface area contributed by atoms with E-state index in [9.17, 15) is 13.2 Å². The third-order valence-electron chi connectivity index (χ3n) is 4.01. The summed E-state index contributed by atoms with van der Waals surface area (Å²) in [7, 11) is 0. The number of hydrogen-bond acceptors (Lipinski definition) is 3. The molecule has 1 saturated heterocycles. The number of nitrogens with one attached hydrogen (secondary N) is 2. The highest BCUT2D eigenvalue weighted by atomic mass is 127. The summed E-state index contributed by atoms with van der Waals surface area (Å²) in [5, 5.41) is 6.25. The standard InChI is InChI=1S/C16H31F3N4O.HI/c1-4-20-14(21-8-6-5-7-16(17,18)19)22-13-15(2,3)23-9-11-24-12-10-23;/h4-13H2,1-3H3,(H2,20,21,22);1H. The molecule has 0 aliphatic carbocycles. The number of rotatable bonds is 8. The third kappa shape index (κ3) is 11.1. The van der Waals surface area contributed by atoms with Gasteiger partial charge in [-0.05, 0) is 33.6 Å². The predicted octanol–water partition coefficient (Wildman–Crippen LogP) is 3.00. The van der Waals surface area contributed by atoms with E-state index in [2.05, 4.69) is 34.4 Å². The highest BCUT2D eigenvalue weighted by Crippen LogP contribution is 2.21. The lowest BCUT2D eigenvalue weighted by Crippen LogP contribution is -2.52. The average Bonchev–Trinajstić information content (AvgIpc) is 2.52. The van der Waals surface area contributed by atoms with Crippen molar-refractivity contribution in [1.29, 1.82) is 0 Å². The number of aliphatic imine (C=N–C) groups is 1. The smallest absolute Gasteiger partial charge is 0.379 e. The van der Waals surface area contributed by atoms with Crippen LogP contribution in [-0.4, -0.2) is 68.5 Å². The van der Waals surface area contributed by atoms with Crippen molar-refractivity contribution in [2.24, 2.45) is 4.99 Å². The third-order valence-corrected chi connectivity index (χ3v) is 4.01. The van der Waals surface area contributed by atoms with Crippen molar-refractivity contribution < 1.29 is 17.9 Å². The fraction of sp³-hybridized carbons (Fsp3) is 0.938. The maximum atomic E-state index is 12.1. The molecule has 2 N–H and O–H groups in total. The van der Waals surface area contributed by atoms with E-state index in [1.807, 2.05) is 6.92 Å². The number of halogens is 4. The molecule has 0 aromatic carbocycles. The highest BCUT2D eigenvalue weighted by Gasteiger charge is 2.28. The first-order valence-corrected chi connectivity index (χ1v) is 8.66. The van der Waals surface area contributed by atoms with Crippen molar-refractivity contribution >= 4 is 29.9 Å². The van der Waals surface area contributed by atoms with E-state index in [0.29, 0.717) is 32.0 Å². The molecule has 1 heterocycles. The van der Waals surface area contributed by atoms with Gasteiger partial charge >= 0.3 is 6.18 Å².